The molecular formula is C18H17N3O2S. The van der Waals surface area contributed by atoms with Gasteiger partial charge in [-0.2, -0.15) is 5.26 Å². The van der Waals surface area contributed by atoms with Gasteiger partial charge in [0.2, 0.25) is 5.91 Å². The first-order valence-corrected chi connectivity index (χ1v) is 8.72. The molecule has 0 spiro atoms. The molecule has 2 aromatic rings. The smallest absolute Gasteiger partial charge is 0.264 e. The fraction of sp³-hybridized carbons (Fsp3) is 0.278. The average molecular weight is 339 g/mol. The Kier molecular flexibility index (Phi) is 4.92. The summed E-state index contributed by atoms with van der Waals surface area (Å²) < 4.78 is 0. The predicted molar refractivity (Wildman–Crippen MR) is 92.8 cm³/mol. The lowest BCUT2D eigenvalue weighted by Crippen LogP contribution is -2.49. The van der Waals surface area contributed by atoms with Crippen LogP contribution in [0.2, 0.25) is 0 Å². The van der Waals surface area contributed by atoms with Gasteiger partial charge in [-0.05, 0) is 48.9 Å². The van der Waals surface area contributed by atoms with Crippen LogP contribution in [0.1, 0.15) is 34.5 Å². The molecule has 1 aliphatic heterocycles. The van der Waals surface area contributed by atoms with Gasteiger partial charge < -0.3 is 10.2 Å². The molecule has 0 unspecified atom stereocenters. The van der Waals surface area contributed by atoms with Crippen molar-refractivity contribution in [1.29, 1.82) is 5.26 Å². The van der Waals surface area contributed by atoms with Gasteiger partial charge in [0.05, 0.1) is 16.5 Å². The van der Waals surface area contributed by atoms with Crippen molar-refractivity contribution in [2.75, 3.05) is 11.9 Å². The number of thiophene rings is 1. The van der Waals surface area contributed by atoms with Crippen LogP contribution in [0.5, 0.6) is 0 Å². The Hall–Kier alpha value is -2.65. The zero-order valence-electron chi connectivity index (χ0n) is 13.1. The number of nitrogens with zero attached hydrogens (tertiary/aromatic N) is 2. The van der Waals surface area contributed by atoms with Crippen LogP contribution in [0.15, 0.2) is 41.8 Å². The summed E-state index contributed by atoms with van der Waals surface area (Å²) in [6.45, 7) is 0.590. The zero-order chi connectivity index (χ0) is 16.9. The van der Waals surface area contributed by atoms with E-state index in [1.807, 2.05) is 11.4 Å². The molecule has 122 valence electrons. The largest absolute Gasteiger partial charge is 0.326 e. The Morgan fingerprint density at radius 2 is 2.12 bits per heavy atom. The molecule has 1 aromatic heterocycles. The van der Waals surface area contributed by atoms with E-state index in [-0.39, 0.29) is 11.8 Å². The van der Waals surface area contributed by atoms with E-state index < -0.39 is 6.04 Å². The maximum atomic E-state index is 12.7. The summed E-state index contributed by atoms with van der Waals surface area (Å²) in [4.78, 5) is 27.6. The highest BCUT2D eigenvalue weighted by Gasteiger charge is 2.33. The highest BCUT2D eigenvalue weighted by Crippen LogP contribution is 2.23. The van der Waals surface area contributed by atoms with Crippen molar-refractivity contribution in [2.24, 2.45) is 0 Å². The second kappa shape index (κ2) is 7.28. The SMILES string of the molecule is N#Cc1cccc(NC(=O)[C@H]2CCCCN2C(=O)c2cccs2)c1. The first-order chi connectivity index (χ1) is 11.7. The Labute approximate surface area is 144 Å². The van der Waals surface area contributed by atoms with Gasteiger partial charge in [0.15, 0.2) is 0 Å². The normalized spacial score (nSPS) is 17.1. The van der Waals surface area contributed by atoms with Gasteiger partial charge in [-0.25, -0.2) is 0 Å². The second-order valence-corrected chi connectivity index (χ2v) is 6.62. The Bertz CT molecular complexity index is 780. The van der Waals surface area contributed by atoms with Gasteiger partial charge in [-0.1, -0.05) is 12.1 Å². The molecule has 0 bridgehead atoms. The minimum Gasteiger partial charge on any atom is -0.326 e. The lowest BCUT2D eigenvalue weighted by atomic mass is 10.0. The molecule has 0 aliphatic carbocycles. The number of nitrogens with one attached hydrogen (secondary N) is 1. The Morgan fingerprint density at radius 1 is 1.25 bits per heavy atom. The molecule has 1 N–H and O–H groups in total. The number of nitriles is 1. The first-order valence-electron chi connectivity index (χ1n) is 7.84. The summed E-state index contributed by atoms with van der Waals surface area (Å²) in [6, 6.07) is 12.0. The van der Waals surface area contributed by atoms with E-state index in [0.29, 0.717) is 29.1 Å². The highest BCUT2D eigenvalue weighted by atomic mass is 32.1. The van der Waals surface area contributed by atoms with E-state index in [1.165, 1.54) is 11.3 Å². The minimum absolute atomic E-state index is 0.0874. The second-order valence-electron chi connectivity index (χ2n) is 5.67. The quantitative estimate of drug-likeness (QED) is 0.933. The fourth-order valence-corrected chi connectivity index (χ4v) is 3.56. The lowest BCUT2D eigenvalue weighted by molar-refractivity contribution is -0.121. The Balaban J connectivity index is 1.76. The van der Waals surface area contributed by atoms with Crippen molar-refractivity contribution in [3.05, 3.63) is 52.2 Å². The average Bonchev–Trinajstić information content (AvgIpc) is 3.16. The zero-order valence-corrected chi connectivity index (χ0v) is 13.9. The van der Waals surface area contributed by atoms with Crippen molar-refractivity contribution in [3.8, 4) is 6.07 Å². The summed E-state index contributed by atoms with van der Waals surface area (Å²) in [6.07, 6.45) is 2.48. The van der Waals surface area contributed by atoms with E-state index >= 15 is 0 Å². The van der Waals surface area contributed by atoms with Crippen molar-refractivity contribution < 1.29 is 9.59 Å². The molecule has 2 heterocycles. The van der Waals surface area contributed by atoms with Gasteiger partial charge >= 0.3 is 0 Å². The van der Waals surface area contributed by atoms with Crippen LogP contribution in [0.25, 0.3) is 0 Å². The number of piperidine rings is 1. The monoisotopic (exact) mass is 339 g/mol. The van der Waals surface area contributed by atoms with Crippen LogP contribution >= 0.6 is 11.3 Å². The molecule has 1 fully saturated rings. The summed E-state index contributed by atoms with van der Waals surface area (Å²) in [5, 5.41) is 13.6. The molecule has 1 saturated heterocycles. The maximum Gasteiger partial charge on any atom is 0.264 e. The molecule has 5 nitrogen and oxygen atoms in total. The van der Waals surface area contributed by atoms with Gasteiger partial charge in [0, 0.05) is 12.2 Å². The van der Waals surface area contributed by atoms with Crippen LogP contribution in [0.4, 0.5) is 5.69 Å². The third-order valence-corrected chi connectivity index (χ3v) is 4.92. The van der Waals surface area contributed by atoms with Crippen LogP contribution in [-0.2, 0) is 4.79 Å². The molecule has 0 radical (unpaired) electrons. The van der Waals surface area contributed by atoms with Gasteiger partial charge in [0.25, 0.3) is 5.91 Å². The molecule has 24 heavy (non-hydrogen) atoms. The van der Waals surface area contributed by atoms with E-state index in [9.17, 15) is 9.59 Å². The summed E-state index contributed by atoms with van der Waals surface area (Å²) in [7, 11) is 0. The van der Waals surface area contributed by atoms with Crippen molar-refractivity contribution in [1.82, 2.24) is 4.90 Å². The molecule has 1 aromatic carbocycles. The number of hydrogen-bond acceptors (Lipinski definition) is 4. The van der Waals surface area contributed by atoms with Crippen LogP contribution in [0, 0.1) is 11.3 Å². The maximum absolute atomic E-state index is 12.7. The minimum atomic E-state index is -0.473. The van der Waals surface area contributed by atoms with Gasteiger partial charge in [-0.3, -0.25) is 9.59 Å². The van der Waals surface area contributed by atoms with Crippen molar-refractivity contribution in [2.45, 2.75) is 25.3 Å². The van der Waals surface area contributed by atoms with Crippen molar-refractivity contribution in [3.63, 3.8) is 0 Å². The fourth-order valence-electron chi connectivity index (χ4n) is 2.88. The molecule has 1 atom stereocenters. The number of likely N-dealkylation sites (tertiary alicyclic amines) is 1. The van der Waals surface area contributed by atoms with E-state index in [1.54, 1.807) is 35.2 Å². The number of hydrogen-bond donors (Lipinski definition) is 1. The van der Waals surface area contributed by atoms with E-state index in [2.05, 4.69) is 11.4 Å². The Morgan fingerprint density at radius 3 is 2.88 bits per heavy atom. The number of carbonyl (C=O) groups excluding carboxylic acids is 2. The first kappa shape index (κ1) is 16.2. The molecule has 1 aliphatic rings. The summed E-state index contributed by atoms with van der Waals surface area (Å²) in [5.74, 6) is -0.287. The summed E-state index contributed by atoms with van der Waals surface area (Å²) in [5.41, 5.74) is 1.07. The van der Waals surface area contributed by atoms with E-state index in [4.69, 9.17) is 5.26 Å². The molecule has 3 rings (SSSR count). The van der Waals surface area contributed by atoms with Gasteiger partial charge in [-0.15, -0.1) is 11.3 Å². The standard InChI is InChI=1S/C18H17N3O2S/c19-12-13-5-3-6-14(11-13)20-17(22)15-7-1-2-9-21(15)18(23)16-8-4-10-24-16/h3-6,8,10-11,15H,1-2,7,9H2,(H,20,22)/t15-/m1/s1. The van der Waals surface area contributed by atoms with Gasteiger partial charge in [0.1, 0.15) is 6.04 Å². The number of amides is 2. The van der Waals surface area contributed by atoms with Crippen LogP contribution < -0.4 is 5.32 Å². The third-order valence-electron chi connectivity index (χ3n) is 4.06. The van der Waals surface area contributed by atoms with Crippen LogP contribution in [-0.4, -0.2) is 29.3 Å². The van der Waals surface area contributed by atoms with Crippen LogP contribution in [0.3, 0.4) is 0 Å². The summed E-state index contributed by atoms with van der Waals surface area (Å²) >= 11 is 1.39. The molecular weight excluding hydrogens is 322 g/mol. The molecule has 2 amide bonds. The predicted octanol–water partition coefficient (Wildman–Crippen LogP) is 3.25. The van der Waals surface area contributed by atoms with E-state index in [0.717, 1.165) is 12.8 Å². The number of carbonyl (C=O) groups is 2. The third kappa shape index (κ3) is 3.47. The van der Waals surface area contributed by atoms with Crippen molar-refractivity contribution >= 4 is 28.8 Å². The number of rotatable bonds is 3. The lowest BCUT2D eigenvalue weighted by Gasteiger charge is -2.34. The number of benzene rings is 1. The molecule has 6 heteroatoms. The topological polar surface area (TPSA) is 73.2 Å². The number of anilines is 1. The highest BCUT2D eigenvalue weighted by molar-refractivity contribution is 7.12. The molecule has 0 saturated carbocycles.